The Hall–Kier alpha value is -1.94. The SMILES string of the molecule is COc1ccc(CSc2nc3ccccc3n2C)cc1. The number of fused-ring (bicyclic) bond motifs is 1. The Labute approximate surface area is 122 Å². The summed E-state index contributed by atoms with van der Waals surface area (Å²) in [6.45, 7) is 0. The van der Waals surface area contributed by atoms with Gasteiger partial charge in [-0.2, -0.15) is 0 Å². The maximum atomic E-state index is 5.17. The van der Waals surface area contributed by atoms with Gasteiger partial charge in [-0.1, -0.05) is 36.0 Å². The fourth-order valence-electron chi connectivity index (χ4n) is 2.12. The van der Waals surface area contributed by atoms with E-state index in [9.17, 15) is 0 Å². The maximum Gasteiger partial charge on any atom is 0.169 e. The molecule has 0 atom stereocenters. The molecule has 0 bridgehead atoms. The fraction of sp³-hybridized carbons (Fsp3) is 0.188. The van der Waals surface area contributed by atoms with Gasteiger partial charge >= 0.3 is 0 Å². The van der Waals surface area contributed by atoms with Crippen LogP contribution in [0, 0.1) is 0 Å². The van der Waals surface area contributed by atoms with E-state index in [1.807, 2.05) is 30.3 Å². The third-order valence-corrected chi connectivity index (χ3v) is 4.37. The number of hydrogen-bond acceptors (Lipinski definition) is 3. The van der Waals surface area contributed by atoms with Crippen LogP contribution in [0.3, 0.4) is 0 Å². The van der Waals surface area contributed by atoms with Gasteiger partial charge in [0.15, 0.2) is 5.16 Å². The lowest BCUT2D eigenvalue weighted by atomic mass is 10.2. The highest BCUT2D eigenvalue weighted by Crippen LogP contribution is 2.26. The van der Waals surface area contributed by atoms with Crippen LogP contribution in [0.15, 0.2) is 53.7 Å². The van der Waals surface area contributed by atoms with Gasteiger partial charge in [-0.3, -0.25) is 0 Å². The summed E-state index contributed by atoms with van der Waals surface area (Å²) in [5, 5.41) is 1.04. The molecule has 0 fully saturated rings. The smallest absolute Gasteiger partial charge is 0.169 e. The second-order valence-electron chi connectivity index (χ2n) is 4.58. The standard InChI is InChI=1S/C16H16N2OS/c1-18-15-6-4-3-5-14(15)17-16(18)20-11-12-7-9-13(19-2)10-8-12/h3-10H,11H2,1-2H3. The Kier molecular flexibility index (Phi) is 3.65. The summed E-state index contributed by atoms with van der Waals surface area (Å²) < 4.78 is 7.31. The molecule has 1 heterocycles. The van der Waals surface area contributed by atoms with Crippen molar-refractivity contribution in [1.82, 2.24) is 9.55 Å². The van der Waals surface area contributed by atoms with Crippen molar-refractivity contribution in [3.63, 3.8) is 0 Å². The first kappa shape index (κ1) is 13.1. The van der Waals surface area contributed by atoms with Crippen LogP contribution in [0.25, 0.3) is 11.0 Å². The lowest BCUT2D eigenvalue weighted by Crippen LogP contribution is -1.91. The van der Waals surface area contributed by atoms with E-state index >= 15 is 0 Å². The van der Waals surface area contributed by atoms with E-state index in [1.165, 1.54) is 11.1 Å². The number of aryl methyl sites for hydroxylation is 1. The van der Waals surface area contributed by atoms with Crippen molar-refractivity contribution in [2.24, 2.45) is 7.05 Å². The lowest BCUT2D eigenvalue weighted by Gasteiger charge is -2.04. The monoisotopic (exact) mass is 284 g/mol. The normalized spacial score (nSPS) is 10.9. The van der Waals surface area contributed by atoms with Gasteiger partial charge in [-0.25, -0.2) is 4.98 Å². The van der Waals surface area contributed by atoms with Crippen LogP contribution >= 0.6 is 11.8 Å². The zero-order valence-corrected chi connectivity index (χ0v) is 12.4. The van der Waals surface area contributed by atoms with Crippen LogP contribution in [0.4, 0.5) is 0 Å². The number of aromatic nitrogens is 2. The van der Waals surface area contributed by atoms with Crippen molar-refractivity contribution in [2.45, 2.75) is 10.9 Å². The van der Waals surface area contributed by atoms with E-state index in [1.54, 1.807) is 18.9 Å². The van der Waals surface area contributed by atoms with Crippen LogP contribution < -0.4 is 4.74 Å². The number of thioether (sulfide) groups is 1. The van der Waals surface area contributed by atoms with E-state index in [2.05, 4.69) is 34.8 Å². The first-order chi connectivity index (χ1) is 9.78. The molecule has 3 rings (SSSR count). The molecule has 0 aliphatic carbocycles. The molecule has 0 amide bonds. The first-order valence-electron chi connectivity index (χ1n) is 6.45. The van der Waals surface area contributed by atoms with Crippen molar-refractivity contribution in [2.75, 3.05) is 7.11 Å². The molecular formula is C16H16N2OS. The summed E-state index contributed by atoms with van der Waals surface area (Å²) >= 11 is 1.75. The second kappa shape index (κ2) is 5.59. The summed E-state index contributed by atoms with van der Waals surface area (Å²) in [6, 6.07) is 16.4. The molecule has 0 aliphatic heterocycles. The zero-order chi connectivity index (χ0) is 13.9. The number of benzene rings is 2. The topological polar surface area (TPSA) is 27.1 Å². The number of para-hydroxylation sites is 2. The molecule has 20 heavy (non-hydrogen) atoms. The van der Waals surface area contributed by atoms with Gasteiger partial charge in [0.05, 0.1) is 18.1 Å². The van der Waals surface area contributed by atoms with Gasteiger partial charge in [0.2, 0.25) is 0 Å². The Morgan fingerprint density at radius 1 is 1.10 bits per heavy atom. The van der Waals surface area contributed by atoms with Crippen molar-refractivity contribution < 1.29 is 4.74 Å². The molecular weight excluding hydrogens is 268 g/mol. The third kappa shape index (κ3) is 2.51. The minimum Gasteiger partial charge on any atom is -0.497 e. The van der Waals surface area contributed by atoms with E-state index in [4.69, 9.17) is 4.74 Å². The Morgan fingerprint density at radius 3 is 2.55 bits per heavy atom. The van der Waals surface area contributed by atoms with Crippen LogP contribution in [0.2, 0.25) is 0 Å². The molecule has 0 N–H and O–H groups in total. The molecule has 0 aliphatic rings. The van der Waals surface area contributed by atoms with Gasteiger partial charge in [-0.05, 0) is 29.8 Å². The Bertz CT molecular complexity index is 719. The zero-order valence-electron chi connectivity index (χ0n) is 11.5. The highest BCUT2D eigenvalue weighted by atomic mass is 32.2. The summed E-state index contributed by atoms with van der Waals surface area (Å²) in [6.07, 6.45) is 0. The molecule has 2 aromatic carbocycles. The molecule has 102 valence electrons. The Balaban J connectivity index is 1.77. The second-order valence-corrected chi connectivity index (χ2v) is 5.52. The van der Waals surface area contributed by atoms with Gasteiger partial charge in [0.25, 0.3) is 0 Å². The summed E-state index contributed by atoms with van der Waals surface area (Å²) in [4.78, 5) is 4.66. The Morgan fingerprint density at radius 2 is 1.85 bits per heavy atom. The fourth-order valence-corrected chi connectivity index (χ4v) is 3.07. The van der Waals surface area contributed by atoms with Crippen molar-refractivity contribution in [1.29, 1.82) is 0 Å². The number of imidazole rings is 1. The van der Waals surface area contributed by atoms with E-state index in [-0.39, 0.29) is 0 Å². The van der Waals surface area contributed by atoms with Gasteiger partial charge in [0.1, 0.15) is 5.75 Å². The van der Waals surface area contributed by atoms with Crippen LogP contribution in [-0.4, -0.2) is 16.7 Å². The molecule has 0 radical (unpaired) electrons. The lowest BCUT2D eigenvalue weighted by molar-refractivity contribution is 0.414. The number of hydrogen-bond donors (Lipinski definition) is 0. The quantitative estimate of drug-likeness (QED) is 0.680. The molecule has 1 aromatic heterocycles. The highest BCUT2D eigenvalue weighted by molar-refractivity contribution is 7.98. The van der Waals surface area contributed by atoms with Crippen LogP contribution in [-0.2, 0) is 12.8 Å². The molecule has 0 saturated heterocycles. The van der Waals surface area contributed by atoms with Crippen LogP contribution in [0.5, 0.6) is 5.75 Å². The van der Waals surface area contributed by atoms with Crippen LogP contribution in [0.1, 0.15) is 5.56 Å². The van der Waals surface area contributed by atoms with Crippen molar-refractivity contribution >= 4 is 22.8 Å². The highest BCUT2D eigenvalue weighted by Gasteiger charge is 2.07. The molecule has 3 aromatic rings. The molecule has 4 heteroatoms. The summed E-state index contributed by atoms with van der Waals surface area (Å²) in [5.74, 6) is 1.79. The van der Waals surface area contributed by atoms with Gasteiger partial charge < -0.3 is 9.30 Å². The number of ether oxygens (including phenoxy) is 1. The van der Waals surface area contributed by atoms with Gasteiger partial charge in [-0.15, -0.1) is 0 Å². The predicted molar refractivity (Wildman–Crippen MR) is 83.3 cm³/mol. The average Bonchev–Trinajstić information content (AvgIpc) is 2.83. The summed E-state index contributed by atoms with van der Waals surface area (Å²) in [7, 11) is 3.74. The van der Waals surface area contributed by atoms with Gasteiger partial charge in [0, 0.05) is 12.8 Å². The maximum absolute atomic E-state index is 5.17. The number of methoxy groups -OCH3 is 1. The van der Waals surface area contributed by atoms with E-state index in [0.29, 0.717) is 0 Å². The minimum absolute atomic E-state index is 0.890. The van der Waals surface area contributed by atoms with E-state index in [0.717, 1.165) is 22.2 Å². The third-order valence-electron chi connectivity index (χ3n) is 3.27. The van der Waals surface area contributed by atoms with Crippen molar-refractivity contribution in [3.8, 4) is 5.75 Å². The molecule has 0 unspecified atom stereocenters. The minimum atomic E-state index is 0.890. The average molecular weight is 284 g/mol. The number of nitrogens with zero attached hydrogens (tertiary/aromatic N) is 2. The molecule has 3 nitrogen and oxygen atoms in total. The molecule has 0 saturated carbocycles. The largest absolute Gasteiger partial charge is 0.497 e. The molecule has 0 spiro atoms. The summed E-state index contributed by atoms with van der Waals surface area (Å²) in [5.41, 5.74) is 3.49. The van der Waals surface area contributed by atoms with E-state index < -0.39 is 0 Å². The number of rotatable bonds is 4. The first-order valence-corrected chi connectivity index (χ1v) is 7.43. The van der Waals surface area contributed by atoms with Crippen molar-refractivity contribution in [3.05, 3.63) is 54.1 Å². The predicted octanol–water partition coefficient (Wildman–Crippen LogP) is 3.87.